The highest BCUT2D eigenvalue weighted by molar-refractivity contribution is 7.89. The van der Waals surface area contributed by atoms with Gasteiger partial charge in [-0.15, -0.1) is 0 Å². The lowest BCUT2D eigenvalue weighted by Gasteiger charge is -2.17. The third kappa shape index (κ3) is 5.03. The number of rotatable bonds is 7. The minimum absolute atomic E-state index is 0.0600. The van der Waals surface area contributed by atoms with Crippen LogP contribution in [0.4, 0.5) is 11.4 Å². The summed E-state index contributed by atoms with van der Waals surface area (Å²) in [6, 6.07) is 9.53. The van der Waals surface area contributed by atoms with Crippen molar-refractivity contribution in [2.75, 3.05) is 25.0 Å². The van der Waals surface area contributed by atoms with E-state index in [2.05, 4.69) is 5.32 Å². The van der Waals surface area contributed by atoms with Crippen molar-refractivity contribution in [3.8, 4) is 5.75 Å². The molecular formula is C18H18ClN3O6S. The SMILES string of the molecule is O=C(COc1ccc([N+](=O)[O-])cc1)Nc1ccc(Cl)c(S(=O)(=O)N2CCCC2)c1. The average molecular weight is 440 g/mol. The van der Waals surface area contributed by atoms with Crippen molar-refractivity contribution in [2.45, 2.75) is 17.7 Å². The molecule has 0 aliphatic carbocycles. The molecule has 9 nitrogen and oxygen atoms in total. The molecule has 1 aliphatic rings. The Balaban J connectivity index is 1.65. The second-order valence-electron chi connectivity index (χ2n) is 6.34. The first-order valence-electron chi connectivity index (χ1n) is 8.74. The largest absolute Gasteiger partial charge is 0.484 e. The highest BCUT2D eigenvalue weighted by Crippen LogP contribution is 2.29. The smallest absolute Gasteiger partial charge is 0.269 e. The lowest BCUT2D eigenvalue weighted by molar-refractivity contribution is -0.384. The van der Waals surface area contributed by atoms with Crippen molar-refractivity contribution < 1.29 is 22.9 Å². The topological polar surface area (TPSA) is 119 Å². The van der Waals surface area contributed by atoms with E-state index in [0.717, 1.165) is 12.8 Å². The number of amides is 1. The summed E-state index contributed by atoms with van der Waals surface area (Å²) < 4.78 is 32.1. The minimum Gasteiger partial charge on any atom is -0.484 e. The second kappa shape index (κ2) is 8.76. The van der Waals surface area contributed by atoms with E-state index in [4.69, 9.17) is 16.3 Å². The van der Waals surface area contributed by atoms with E-state index < -0.39 is 20.9 Å². The fourth-order valence-electron chi connectivity index (χ4n) is 2.86. The molecule has 1 aliphatic heterocycles. The molecule has 0 bridgehead atoms. The highest BCUT2D eigenvalue weighted by atomic mass is 35.5. The van der Waals surface area contributed by atoms with E-state index in [-0.39, 0.29) is 27.9 Å². The summed E-state index contributed by atoms with van der Waals surface area (Å²) in [6.07, 6.45) is 1.60. The molecule has 0 radical (unpaired) electrons. The Bertz CT molecular complexity index is 1020. The Labute approximate surface area is 172 Å². The Morgan fingerprint density at radius 1 is 1.17 bits per heavy atom. The zero-order valence-electron chi connectivity index (χ0n) is 15.2. The number of hydrogen-bond donors (Lipinski definition) is 1. The van der Waals surface area contributed by atoms with E-state index in [1.54, 1.807) is 0 Å². The van der Waals surface area contributed by atoms with Gasteiger partial charge in [-0.2, -0.15) is 4.31 Å². The van der Waals surface area contributed by atoms with Crippen LogP contribution in [0, 0.1) is 10.1 Å². The van der Waals surface area contributed by atoms with Gasteiger partial charge in [0.25, 0.3) is 11.6 Å². The molecule has 0 spiro atoms. The van der Waals surface area contributed by atoms with Crippen molar-refractivity contribution in [1.82, 2.24) is 4.31 Å². The molecular weight excluding hydrogens is 422 g/mol. The molecule has 1 fully saturated rings. The van der Waals surface area contributed by atoms with Gasteiger partial charge in [0.1, 0.15) is 10.6 Å². The lowest BCUT2D eigenvalue weighted by atomic mass is 10.3. The van der Waals surface area contributed by atoms with Crippen LogP contribution >= 0.6 is 11.6 Å². The van der Waals surface area contributed by atoms with Crippen LogP contribution in [0.5, 0.6) is 5.75 Å². The predicted octanol–water partition coefficient (Wildman–Crippen LogP) is 3.05. The number of anilines is 1. The average Bonchev–Trinajstić information content (AvgIpc) is 3.24. The van der Waals surface area contributed by atoms with Crippen LogP contribution in [0.2, 0.25) is 5.02 Å². The van der Waals surface area contributed by atoms with Crippen LogP contribution < -0.4 is 10.1 Å². The van der Waals surface area contributed by atoms with Crippen molar-refractivity contribution in [3.05, 3.63) is 57.6 Å². The standard InChI is InChI=1S/C18H18ClN3O6S/c19-16-8-3-13(11-17(16)29(26,27)21-9-1-2-10-21)20-18(23)12-28-15-6-4-14(5-7-15)22(24)25/h3-8,11H,1-2,9-10,12H2,(H,20,23). The number of nitro groups is 1. The van der Waals surface area contributed by atoms with Gasteiger partial charge in [0.2, 0.25) is 10.0 Å². The van der Waals surface area contributed by atoms with Gasteiger partial charge in [-0.3, -0.25) is 14.9 Å². The Kier molecular flexibility index (Phi) is 6.36. The number of sulfonamides is 1. The van der Waals surface area contributed by atoms with Gasteiger partial charge < -0.3 is 10.1 Å². The number of benzene rings is 2. The van der Waals surface area contributed by atoms with E-state index in [9.17, 15) is 23.3 Å². The van der Waals surface area contributed by atoms with Crippen molar-refractivity contribution in [3.63, 3.8) is 0 Å². The molecule has 154 valence electrons. The number of non-ortho nitro benzene ring substituents is 1. The summed E-state index contributed by atoms with van der Waals surface area (Å²) in [7, 11) is -3.73. The zero-order valence-corrected chi connectivity index (χ0v) is 16.8. The fourth-order valence-corrected chi connectivity index (χ4v) is 4.87. The number of nitrogens with zero attached hydrogens (tertiary/aromatic N) is 2. The number of nitro benzene ring substituents is 1. The van der Waals surface area contributed by atoms with Crippen LogP contribution in [0.1, 0.15) is 12.8 Å². The molecule has 11 heteroatoms. The van der Waals surface area contributed by atoms with E-state index in [1.165, 1.54) is 46.8 Å². The maximum absolute atomic E-state index is 12.7. The van der Waals surface area contributed by atoms with E-state index in [1.807, 2.05) is 0 Å². The number of hydrogen-bond acceptors (Lipinski definition) is 6. The molecule has 2 aromatic carbocycles. The number of ether oxygens (including phenoxy) is 1. The Morgan fingerprint density at radius 3 is 2.45 bits per heavy atom. The van der Waals surface area contributed by atoms with E-state index in [0.29, 0.717) is 18.8 Å². The lowest BCUT2D eigenvalue weighted by Crippen LogP contribution is -2.28. The van der Waals surface area contributed by atoms with Gasteiger partial charge in [-0.25, -0.2) is 8.42 Å². The monoisotopic (exact) mass is 439 g/mol. The molecule has 3 rings (SSSR count). The number of carbonyl (C=O) groups excluding carboxylic acids is 1. The molecule has 1 N–H and O–H groups in total. The quantitative estimate of drug-likeness (QED) is 0.523. The Hall–Kier alpha value is -2.69. The molecule has 2 aromatic rings. The molecule has 1 amide bonds. The first-order chi connectivity index (χ1) is 13.8. The molecule has 29 heavy (non-hydrogen) atoms. The Morgan fingerprint density at radius 2 is 1.83 bits per heavy atom. The zero-order chi connectivity index (χ0) is 21.0. The predicted molar refractivity (Wildman–Crippen MR) is 107 cm³/mol. The normalized spacial score (nSPS) is 14.5. The first kappa shape index (κ1) is 21.0. The van der Waals surface area contributed by atoms with Gasteiger partial charge in [0, 0.05) is 30.9 Å². The molecule has 0 unspecified atom stereocenters. The van der Waals surface area contributed by atoms with Crippen molar-refractivity contribution in [1.29, 1.82) is 0 Å². The van der Waals surface area contributed by atoms with Crippen molar-refractivity contribution >= 4 is 38.9 Å². The van der Waals surface area contributed by atoms with Crippen LogP contribution in [0.15, 0.2) is 47.4 Å². The minimum atomic E-state index is -3.73. The van der Waals surface area contributed by atoms with Gasteiger partial charge >= 0.3 is 0 Å². The fraction of sp³-hybridized carbons (Fsp3) is 0.278. The highest BCUT2D eigenvalue weighted by Gasteiger charge is 2.29. The third-order valence-corrected chi connectivity index (χ3v) is 6.70. The molecule has 0 saturated carbocycles. The second-order valence-corrected chi connectivity index (χ2v) is 8.66. The summed E-state index contributed by atoms with van der Waals surface area (Å²) in [6.45, 7) is 0.533. The summed E-state index contributed by atoms with van der Waals surface area (Å²) >= 11 is 6.08. The van der Waals surface area contributed by atoms with Crippen LogP contribution in [0.3, 0.4) is 0 Å². The van der Waals surface area contributed by atoms with Crippen LogP contribution in [-0.4, -0.2) is 43.2 Å². The van der Waals surface area contributed by atoms with Gasteiger partial charge in [-0.05, 0) is 43.2 Å². The number of carbonyl (C=O) groups is 1. The van der Waals surface area contributed by atoms with E-state index >= 15 is 0 Å². The van der Waals surface area contributed by atoms with Gasteiger partial charge in [-0.1, -0.05) is 11.6 Å². The first-order valence-corrected chi connectivity index (χ1v) is 10.6. The maximum Gasteiger partial charge on any atom is 0.269 e. The summed E-state index contributed by atoms with van der Waals surface area (Å²) in [5.74, 6) is -0.227. The summed E-state index contributed by atoms with van der Waals surface area (Å²) in [5.41, 5.74) is 0.180. The summed E-state index contributed by atoms with van der Waals surface area (Å²) in [5, 5.41) is 13.3. The maximum atomic E-state index is 12.7. The molecule has 0 atom stereocenters. The van der Waals surface area contributed by atoms with Gasteiger partial charge in [0.15, 0.2) is 6.61 Å². The van der Waals surface area contributed by atoms with Gasteiger partial charge in [0.05, 0.1) is 9.95 Å². The molecule has 1 heterocycles. The van der Waals surface area contributed by atoms with Crippen LogP contribution in [0.25, 0.3) is 0 Å². The number of nitrogens with one attached hydrogen (secondary N) is 1. The molecule has 1 saturated heterocycles. The molecule has 0 aromatic heterocycles. The third-order valence-electron chi connectivity index (χ3n) is 4.32. The number of halogens is 1. The van der Waals surface area contributed by atoms with Crippen molar-refractivity contribution in [2.24, 2.45) is 0 Å². The summed E-state index contributed by atoms with van der Waals surface area (Å²) in [4.78, 5) is 22.2. The van der Waals surface area contributed by atoms with Crippen LogP contribution in [-0.2, 0) is 14.8 Å².